The second-order valence-electron chi connectivity index (χ2n) is 3.78. The zero-order chi connectivity index (χ0) is 12.1. The summed E-state index contributed by atoms with van der Waals surface area (Å²) in [5, 5.41) is 9.96. The van der Waals surface area contributed by atoms with Gasteiger partial charge in [0.25, 0.3) is 0 Å². The van der Waals surface area contributed by atoms with Crippen molar-refractivity contribution in [2.75, 3.05) is 7.05 Å². The van der Waals surface area contributed by atoms with E-state index < -0.39 is 0 Å². The van der Waals surface area contributed by atoms with Crippen molar-refractivity contribution >= 4 is 21.8 Å². The largest absolute Gasteiger partial charge is 0.358 e. The number of carbonyl (C=O) groups excluding carboxylic acids is 1. The molecule has 0 spiro atoms. The highest BCUT2D eigenvalue weighted by molar-refractivity contribution is 9.10. The molecule has 2 N–H and O–H groups in total. The van der Waals surface area contributed by atoms with E-state index in [-0.39, 0.29) is 18.0 Å². The predicted molar refractivity (Wildman–Crippen MR) is 66.1 cm³/mol. The number of halogens is 1. The molecule has 1 aromatic heterocycles. The van der Waals surface area contributed by atoms with E-state index >= 15 is 0 Å². The lowest BCUT2D eigenvalue weighted by molar-refractivity contribution is -0.122. The van der Waals surface area contributed by atoms with Crippen LogP contribution in [0.5, 0.6) is 0 Å². The summed E-state index contributed by atoms with van der Waals surface area (Å²) in [5.41, 5.74) is 0. The molecule has 6 heteroatoms. The fourth-order valence-electron chi connectivity index (χ4n) is 1.49. The van der Waals surface area contributed by atoms with Crippen LogP contribution in [0.25, 0.3) is 0 Å². The third-order valence-corrected chi connectivity index (χ3v) is 2.65. The molecule has 1 amide bonds. The SMILES string of the molecule is CNC(=O)[C@@H](C)NC(C)Cn1cc(Br)cn1. The normalized spacial score (nSPS) is 14.5. The molecule has 16 heavy (non-hydrogen) atoms. The van der Waals surface area contributed by atoms with Gasteiger partial charge in [-0.1, -0.05) is 0 Å². The summed E-state index contributed by atoms with van der Waals surface area (Å²) in [6.45, 7) is 4.59. The standard InChI is InChI=1S/C10H17BrN4O/c1-7(14-8(2)10(16)12-3)5-15-6-9(11)4-13-15/h4,6-8,14H,5H2,1-3H3,(H,12,16)/t7?,8-/m1/s1. The molecule has 0 aliphatic heterocycles. The Bertz CT molecular complexity index is 352. The minimum absolute atomic E-state index is 0.00602. The van der Waals surface area contributed by atoms with Crippen LogP contribution in [0, 0.1) is 0 Å². The number of carbonyl (C=O) groups is 1. The first-order chi connectivity index (χ1) is 7.52. The van der Waals surface area contributed by atoms with E-state index in [1.54, 1.807) is 13.2 Å². The summed E-state index contributed by atoms with van der Waals surface area (Å²) in [7, 11) is 1.63. The van der Waals surface area contributed by atoms with Crippen LogP contribution in [0.3, 0.4) is 0 Å². The summed E-state index contributed by atoms with van der Waals surface area (Å²) in [6, 6.07) is -0.0156. The summed E-state index contributed by atoms with van der Waals surface area (Å²) in [5.74, 6) is -0.00602. The van der Waals surface area contributed by atoms with E-state index in [1.807, 2.05) is 24.7 Å². The number of hydrogen-bond donors (Lipinski definition) is 2. The molecule has 0 bridgehead atoms. The zero-order valence-corrected chi connectivity index (χ0v) is 11.3. The number of hydrogen-bond acceptors (Lipinski definition) is 3. The number of aromatic nitrogens is 2. The van der Waals surface area contributed by atoms with Gasteiger partial charge in [-0.25, -0.2) is 0 Å². The Kier molecular flexibility index (Phi) is 4.95. The van der Waals surface area contributed by atoms with Gasteiger partial charge in [-0.3, -0.25) is 9.48 Å². The van der Waals surface area contributed by atoms with Gasteiger partial charge >= 0.3 is 0 Å². The molecule has 0 aliphatic rings. The number of nitrogens with zero attached hydrogens (tertiary/aromatic N) is 2. The summed E-state index contributed by atoms with van der Waals surface area (Å²) >= 11 is 3.34. The maximum absolute atomic E-state index is 11.3. The van der Waals surface area contributed by atoms with Crippen LogP contribution in [0.1, 0.15) is 13.8 Å². The first kappa shape index (κ1) is 13.2. The van der Waals surface area contributed by atoms with E-state index in [2.05, 4.69) is 31.7 Å². The molecule has 1 aromatic rings. The maximum atomic E-state index is 11.3. The highest BCUT2D eigenvalue weighted by Gasteiger charge is 2.13. The molecule has 0 aliphatic carbocycles. The molecule has 1 unspecified atom stereocenters. The van der Waals surface area contributed by atoms with Crippen molar-refractivity contribution in [3.8, 4) is 0 Å². The van der Waals surface area contributed by atoms with E-state index in [4.69, 9.17) is 0 Å². The minimum atomic E-state index is -0.195. The molecular formula is C10H17BrN4O. The van der Waals surface area contributed by atoms with Crippen molar-refractivity contribution in [2.24, 2.45) is 0 Å². The number of rotatable bonds is 5. The van der Waals surface area contributed by atoms with Crippen LogP contribution in [0.2, 0.25) is 0 Å². The summed E-state index contributed by atoms with van der Waals surface area (Å²) in [4.78, 5) is 11.3. The Morgan fingerprint density at radius 1 is 1.62 bits per heavy atom. The quantitative estimate of drug-likeness (QED) is 0.841. The van der Waals surface area contributed by atoms with Crippen LogP contribution in [-0.2, 0) is 11.3 Å². The molecule has 90 valence electrons. The highest BCUT2D eigenvalue weighted by atomic mass is 79.9. The van der Waals surface area contributed by atoms with Crippen LogP contribution < -0.4 is 10.6 Å². The van der Waals surface area contributed by atoms with Gasteiger partial charge in [-0.05, 0) is 29.8 Å². The second-order valence-corrected chi connectivity index (χ2v) is 4.70. The van der Waals surface area contributed by atoms with Crippen molar-refractivity contribution in [3.05, 3.63) is 16.9 Å². The van der Waals surface area contributed by atoms with Crippen LogP contribution >= 0.6 is 15.9 Å². The van der Waals surface area contributed by atoms with E-state index in [1.165, 1.54) is 0 Å². The fourth-order valence-corrected chi connectivity index (χ4v) is 1.82. The Morgan fingerprint density at radius 2 is 2.31 bits per heavy atom. The number of likely N-dealkylation sites (N-methyl/N-ethyl adjacent to an activating group) is 1. The molecular weight excluding hydrogens is 272 g/mol. The van der Waals surface area contributed by atoms with Crippen molar-refractivity contribution in [1.29, 1.82) is 0 Å². The van der Waals surface area contributed by atoms with E-state index in [9.17, 15) is 4.79 Å². The van der Waals surface area contributed by atoms with Gasteiger partial charge in [0.2, 0.25) is 5.91 Å². The number of amides is 1. The Morgan fingerprint density at radius 3 is 2.81 bits per heavy atom. The maximum Gasteiger partial charge on any atom is 0.236 e. The lowest BCUT2D eigenvalue weighted by Crippen LogP contribution is -2.45. The lowest BCUT2D eigenvalue weighted by atomic mass is 10.2. The predicted octanol–water partition coefficient (Wildman–Crippen LogP) is 0.758. The average Bonchev–Trinajstić information content (AvgIpc) is 2.62. The zero-order valence-electron chi connectivity index (χ0n) is 9.70. The first-order valence-electron chi connectivity index (χ1n) is 5.18. The molecule has 0 saturated carbocycles. The van der Waals surface area contributed by atoms with Crippen molar-refractivity contribution < 1.29 is 4.79 Å². The molecule has 0 radical (unpaired) electrons. The Hall–Kier alpha value is -0.880. The van der Waals surface area contributed by atoms with Gasteiger partial charge in [0, 0.05) is 19.3 Å². The summed E-state index contributed by atoms with van der Waals surface area (Å²) < 4.78 is 2.79. The van der Waals surface area contributed by atoms with Crippen molar-refractivity contribution in [3.63, 3.8) is 0 Å². The second kappa shape index (κ2) is 6.00. The summed E-state index contributed by atoms with van der Waals surface area (Å²) in [6.07, 6.45) is 3.65. The fraction of sp³-hybridized carbons (Fsp3) is 0.600. The third kappa shape index (κ3) is 3.94. The van der Waals surface area contributed by atoms with E-state index in [0.717, 1.165) is 11.0 Å². The van der Waals surface area contributed by atoms with Gasteiger partial charge < -0.3 is 10.6 Å². The smallest absolute Gasteiger partial charge is 0.236 e. The Labute approximate surface area is 104 Å². The van der Waals surface area contributed by atoms with Crippen molar-refractivity contribution in [2.45, 2.75) is 32.5 Å². The molecule has 5 nitrogen and oxygen atoms in total. The molecule has 1 rings (SSSR count). The van der Waals surface area contributed by atoms with Gasteiger partial charge in [0.05, 0.1) is 23.3 Å². The van der Waals surface area contributed by atoms with Gasteiger partial charge in [0.1, 0.15) is 0 Å². The topological polar surface area (TPSA) is 59.0 Å². The average molecular weight is 289 g/mol. The van der Waals surface area contributed by atoms with Crippen molar-refractivity contribution in [1.82, 2.24) is 20.4 Å². The number of nitrogens with one attached hydrogen (secondary N) is 2. The van der Waals surface area contributed by atoms with Gasteiger partial charge in [-0.15, -0.1) is 0 Å². The van der Waals surface area contributed by atoms with Gasteiger partial charge in [0.15, 0.2) is 0 Å². The first-order valence-corrected chi connectivity index (χ1v) is 5.98. The van der Waals surface area contributed by atoms with Crippen LogP contribution in [-0.4, -0.2) is 34.8 Å². The monoisotopic (exact) mass is 288 g/mol. The molecule has 1 heterocycles. The molecule has 0 fully saturated rings. The lowest BCUT2D eigenvalue weighted by Gasteiger charge is -2.18. The van der Waals surface area contributed by atoms with Crippen LogP contribution in [0.15, 0.2) is 16.9 Å². The minimum Gasteiger partial charge on any atom is -0.358 e. The molecule has 2 atom stereocenters. The van der Waals surface area contributed by atoms with Gasteiger partial charge in [-0.2, -0.15) is 5.10 Å². The van der Waals surface area contributed by atoms with E-state index in [0.29, 0.717) is 0 Å². The molecule has 0 saturated heterocycles. The highest BCUT2D eigenvalue weighted by Crippen LogP contribution is 2.06. The van der Waals surface area contributed by atoms with Crippen LogP contribution in [0.4, 0.5) is 0 Å². The third-order valence-electron chi connectivity index (χ3n) is 2.24. The Balaban J connectivity index is 2.41. The molecule has 0 aromatic carbocycles.